The Hall–Kier alpha value is -1.12. The van der Waals surface area contributed by atoms with E-state index in [0.717, 1.165) is 0 Å². The van der Waals surface area contributed by atoms with E-state index in [9.17, 15) is 13.2 Å². The van der Waals surface area contributed by atoms with Crippen molar-refractivity contribution in [2.75, 3.05) is 4.72 Å². The van der Waals surface area contributed by atoms with Crippen molar-refractivity contribution in [2.45, 2.75) is 26.3 Å². The first-order valence-corrected chi connectivity index (χ1v) is 7.62. The second kappa shape index (κ2) is 5.48. The average molecular weight is 351 g/mol. The number of halogens is 1. The number of nitrogens with one attached hydrogen (secondary N) is 2. The Morgan fingerprint density at radius 1 is 1.32 bits per heavy atom. The molecule has 19 heavy (non-hydrogen) atoms. The van der Waals surface area contributed by atoms with Gasteiger partial charge in [0, 0.05) is 10.0 Å². The maximum Gasteiger partial charge on any atom is 0.337 e. The number of carbonyl (C=O) groups is 1. The Kier molecular flexibility index (Phi) is 4.59. The van der Waals surface area contributed by atoms with Crippen molar-refractivity contribution in [1.29, 1.82) is 0 Å². The second-order valence-electron chi connectivity index (χ2n) is 4.95. The standard InChI is InChI=1S/C11H15BrN2O4S/c1-11(2,3)14-19(17,18)13-9-6-7(12)4-5-8(9)10(15)16/h4-6,13-14H,1-3H3,(H,15,16). The van der Waals surface area contributed by atoms with Crippen molar-refractivity contribution >= 4 is 37.8 Å². The highest BCUT2D eigenvalue weighted by Crippen LogP contribution is 2.22. The number of anilines is 1. The van der Waals surface area contributed by atoms with Gasteiger partial charge in [0.2, 0.25) is 0 Å². The van der Waals surface area contributed by atoms with Crippen molar-refractivity contribution in [3.8, 4) is 0 Å². The second-order valence-corrected chi connectivity index (χ2v) is 7.28. The van der Waals surface area contributed by atoms with Gasteiger partial charge in [-0.3, -0.25) is 4.72 Å². The largest absolute Gasteiger partial charge is 0.478 e. The summed E-state index contributed by atoms with van der Waals surface area (Å²) in [6, 6.07) is 4.24. The highest BCUT2D eigenvalue weighted by Gasteiger charge is 2.22. The van der Waals surface area contributed by atoms with Crippen LogP contribution in [-0.4, -0.2) is 25.0 Å². The van der Waals surface area contributed by atoms with E-state index in [-0.39, 0.29) is 11.3 Å². The maximum atomic E-state index is 11.9. The summed E-state index contributed by atoms with van der Waals surface area (Å²) in [5.41, 5.74) is -0.789. The molecule has 0 spiro atoms. The molecule has 3 N–H and O–H groups in total. The molecule has 1 aromatic carbocycles. The van der Waals surface area contributed by atoms with E-state index in [0.29, 0.717) is 4.47 Å². The van der Waals surface area contributed by atoms with E-state index < -0.39 is 21.7 Å². The molecule has 1 rings (SSSR count). The number of carboxylic acid groups (broad SMARTS) is 1. The summed E-state index contributed by atoms with van der Waals surface area (Å²) in [5.74, 6) is -1.21. The van der Waals surface area contributed by atoms with Crippen molar-refractivity contribution in [1.82, 2.24) is 4.72 Å². The first kappa shape index (κ1) is 15.9. The minimum Gasteiger partial charge on any atom is -0.478 e. The third-order valence-electron chi connectivity index (χ3n) is 1.90. The number of aromatic carboxylic acids is 1. The monoisotopic (exact) mass is 350 g/mol. The van der Waals surface area contributed by atoms with Crippen LogP contribution in [0.15, 0.2) is 22.7 Å². The van der Waals surface area contributed by atoms with Crippen molar-refractivity contribution in [3.63, 3.8) is 0 Å². The first-order valence-electron chi connectivity index (χ1n) is 5.35. The molecular weight excluding hydrogens is 336 g/mol. The highest BCUT2D eigenvalue weighted by atomic mass is 79.9. The molecule has 0 aliphatic rings. The molecule has 0 atom stereocenters. The van der Waals surface area contributed by atoms with E-state index in [4.69, 9.17) is 5.11 Å². The highest BCUT2D eigenvalue weighted by molar-refractivity contribution is 9.10. The third kappa shape index (κ3) is 5.17. The van der Waals surface area contributed by atoms with Crippen LogP contribution in [0.5, 0.6) is 0 Å². The molecule has 0 saturated heterocycles. The van der Waals surface area contributed by atoms with Crippen molar-refractivity contribution in [3.05, 3.63) is 28.2 Å². The Labute approximate surface area is 120 Å². The van der Waals surface area contributed by atoms with E-state index in [1.54, 1.807) is 20.8 Å². The smallest absolute Gasteiger partial charge is 0.337 e. The number of hydrogen-bond donors (Lipinski definition) is 3. The van der Waals surface area contributed by atoms with E-state index in [1.165, 1.54) is 18.2 Å². The van der Waals surface area contributed by atoms with Gasteiger partial charge < -0.3 is 5.11 Å². The normalized spacial score (nSPS) is 12.2. The van der Waals surface area contributed by atoms with Gasteiger partial charge in [0.25, 0.3) is 10.2 Å². The average Bonchev–Trinajstić information content (AvgIpc) is 2.11. The molecule has 0 bridgehead atoms. The maximum absolute atomic E-state index is 11.9. The minimum atomic E-state index is -3.85. The first-order chi connectivity index (χ1) is 8.50. The molecule has 0 saturated carbocycles. The summed E-state index contributed by atoms with van der Waals surface area (Å²) in [4.78, 5) is 11.0. The lowest BCUT2D eigenvalue weighted by molar-refractivity contribution is 0.0698. The van der Waals surface area contributed by atoms with Crippen LogP contribution in [0.25, 0.3) is 0 Å². The molecule has 8 heteroatoms. The van der Waals surface area contributed by atoms with Crippen LogP contribution < -0.4 is 9.44 Å². The van der Waals surface area contributed by atoms with Crippen LogP contribution in [0.4, 0.5) is 5.69 Å². The summed E-state index contributed by atoms with van der Waals surface area (Å²) < 4.78 is 28.9. The van der Waals surface area contributed by atoms with Gasteiger partial charge in [0.1, 0.15) is 0 Å². The third-order valence-corrected chi connectivity index (χ3v) is 3.76. The molecular formula is C11H15BrN2O4S. The molecule has 0 heterocycles. The lowest BCUT2D eigenvalue weighted by atomic mass is 10.1. The fourth-order valence-electron chi connectivity index (χ4n) is 1.36. The van der Waals surface area contributed by atoms with Crippen LogP contribution >= 0.6 is 15.9 Å². The van der Waals surface area contributed by atoms with Crippen LogP contribution in [0.3, 0.4) is 0 Å². The number of carboxylic acids is 1. The number of rotatable bonds is 4. The molecule has 0 aliphatic heterocycles. The van der Waals surface area contributed by atoms with Crippen molar-refractivity contribution in [2.24, 2.45) is 0 Å². The van der Waals surface area contributed by atoms with Gasteiger partial charge in [-0.15, -0.1) is 0 Å². The molecule has 0 fully saturated rings. The molecule has 0 amide bonds. The van der Waals surface area contributed by atoms with Gasteiger partial charge in [-0.2, -0.15) is 13.1 Å². The predicted octanol–water partition coefficient (Wildman–Crippen LogP) is 2.19. The lowest BCUT2D eigenvalue weighted by Gasteiger charge is -2.21. The number of hydrogen-bond acceptors (Lipinski definition) is 3. The van der Waals surface area contributed by atoms with E-state index in [1.807, 2.05) is 0 Å². The van der Waals surface area contributed by atoms with Gasteiger partial charge >= 0.3 is 5.97 Å². The molecule has 0 radical (unpaired) electrons. The van der Waals surface area contributed by atoms with Gasteiger partial charge in [0.15, 0.2) is 0 Å². The topological polar surface area (TPSA) is 95.5 Å². The summed E-state index contributed by atoms with van der Waals surface area (Å²) in [6.45, 7) is 5.06. The summed E-state index contributed by atoms with van der Waals surface area (Å²) in [7, 11) is -3.85. The minimum absolute atomic E-state index is 0.00127. The van der Waals surface area contributed by atoms with Crippen LogP contribution in [0, 0.1) is 0 Å². The SMILES string of the molecule is CC(C)(C)NS(=O)(=O)Nc1cc(Br)ccc1C(=O)O. The summed E-state index contributed by atoms with van der Waals surface area (Å²) in [5, 5.41) is 9.02. The molecule has 0 aromatic heterocycles. The van der Waals surface area contributed by atoms with Crippen LogP contribution in [0.1, 0.15) is 31.1 Å². The predicted molar refractivity (Wildman–Crippen MR) is 76.5 cm³/mol. The lowest BCUT2D eigenvalue weighted by Crippen LogP contribution is -2.43. The molecule has 0 aliphatic carbocycles. The molecule has 6 nitrogen and oxygen atoms in total. The van der Waals surface area contributed by atoms with Gasteiger partial charge in [-0.05, 0) is 39.0 Å². The molecule has 0 unspecified atom stereocenters. The zero-order valence-electron chi connectivity index (χ0n) is 10.7. The Balaban J connectivity index is 3.12. The summed E-state index contributed by atoms with van der Waals surface area (Å²) >= 11 is 3.17. The van der Waals surface area contributed by atoms with Gasteiger partial charge in [0.05, 0.1) is 11.3 Å². The van der Waals surface area contributed by atoms with E-state index >= 15 is 0 Å². The molecule has 106 valence electrons. The van der Waals surface area contributed by atoms with E-state index in [2.05, 4.69) is 25.4 Å². The Morgan fingerprint density at radius 2 is 1.89 bits per heavy atom. The Bertz CT molecular complexity index is 593. The van der Waals surface area contributed by atoms with Crippen LogP contribution in [-0.2, 0) is 10.2 Å². The van der Waals surface area contributed by atoms with Gasteiger partial charge in [-0.25, -0.2) is 4.79 Å². The quantitative estimate of drug-likeness (QED) is 0.775. The van der Waals surface area contributed by atoms with Crippen molar-refractivity contribution < 1.29 is 18.3 Å². The zero-order chi connectivity index (χ0) is 14.8. The van der Waals surface area contributed by atoms with Gasteiger partial charge in [-0.1, -0.05) is 15.9 Å². The fraction of sp³-hybridized carbons (Fsp3) is 0.364. The fourth-order valence-corrected chi connectivity index (χ4v) is 3.04. The summed E-state index contributed by atoms with van der Waals surface area (Å²) in [6.07, 6.45) is 0. The molecule has 1 aromatic rings. The zero-order valence-corrected chi connectivity index (χ0v) is 13.1. The van der Waals surface area contributed by atoms with Crippen LogP contribution in [0.2, 0.25) is 0 Å². The Morgan fingerprint density at radius 3 is 2.37 bits per heavy atom. The number of benzene rings is 1.